The molecule has 0 radical (unpaired) electrons. The van der Waals surface area contributed by atoms with E-state index in [0.29, 0.717) is 11.5 Å². The Morgan fingerprint density at radius 1 is 1.11 bits per heavy atom. The van der Waals surface area contributed by atoms with Crippen LogP contribution < -0.4 is 5.32 Å². The predicted molar refractivity (Wildman–Crippen MR) is 81.0 cm³/mol. The summed E-state index contributed by atoms with van der Waals surface area (Å²) in [6.45, 7) is 2.16. The fraction of sp³-hybridized carbons (Fsp3) is 0.625. The van der Waals surface area contributed by atoms with Crippen molar-refractivity contribution in [3.05, 3.63) is 28.2 Å². The van der Waals surface area contributed by atoms with Crippen LogP contribution in [-0.4, -0.2) is 6.04 Å². The first kappa shape index (κ1) is 12.5. The molecule has 1 atom stereocenters. The quantitative estimate of drug-likeness (QED) is 0.783. The van der Waals surface area contributed by atoms with Crippen LogP contribution in [0.2, 0.25) is 0 Å². The van der Waals surface area contributed by atoms with Crippen molar-refractivity contribution in [3.8, 4) is 0 Å². The molecule has 0 amide bonds. The summed E-state index contributed by atoms with van der Waals surface area (Å²) < 4.78 is 1.18. The van der Waals surface area contributed by atoms with Crippen LogP contribution in [0, 0.1) is 12.3 Å². The molecule has 0 aromatic heterocycles. The standard InChI is InChI=1S/C16H22BrN/c1-12-9-13(17)11-14(10-12)18-15-5-8-16(15)6-3-2-4-7-16/h9-11,15,18H,2-8H2,1H3. The zero-order valence-electron chi connectivity index (χ0n) is 11.1. The Labute approximate surface area is 118 Å². The maximum absolute atomic E-state index is 3.79. The Hall–Kier alpha value is -0.500. The molecule has 1 N–H and O–H groups in total. The molecule has 1 aromatic carbocycles. The molecule has 2 fully saturated rings. The van der Waals surface area contributed by atoms with Gasteiger partial charge >= 0.3 is 0 Å². The maximum Gasteiger partial charge on any atom is 0.0356 e. The van der Waals surface area contributed by atoms with E-state index < -0.39 is 0 Å². The van der Waals surface area contributed by atoms with E-state index >= 15 is 0 Å². The second kappa shape index (κ2) is 4.88. The number of nitrogens with one attached hydrogen (secondary N) is 1. The summed E-state index contributed by atoms with van der Waals surface area (Å²) in [5, 5.41) is 3.79. The highest BCUT2D eigenvalue weighted by Crippen LogP contribution is 2.52. The molecule has 2 heteroatoms. The second-order valence-corrected chi connectivity index (χ2v) is 7.09. The number of hydrogen-bond acceptors (Lipinski definition) is 1. The SMILES string of the molecule is Cc1cc(Br)cc(NC2CCC23CCCCC3)c1. The van der Waals surface area contributed by atoms with Gasteiger partial charge in [-0.25, -0.2) is 0 Å². The van der Waals surface area contributed by atoms with Gasteiger partial charge in [-0.3, -0.25) is 0 Å². The molecule has 2 aliphatic carbocycles. The average Bonchev–Trinajstić information content (AvgIpc) is 2.35. The van der Waals surface area contributed by atoms with Crippen molar-refractivity contribution in [1.82, 2.24) is 0 Å². The highest BCUT2D eigenvalue weighted by molar-refractivity contribution is 9.10. The van der Waals surface area contributed by atoms with Crippen LogP contribution in [0.15, 0.2) is 22.7 Å². The van der Waals surface area contributed by atoms with Gasteiger partial charge < -0.3 is 5.32 Å². The summed E-state index contributed by atoms with van der Waals surface area (Å²) in [5.41, 5.74) is 3.24. The fourth-order valence-corrected chi connectivity index (χ4v) is 4.41. The summed E-state index contributed by atoms with van der Waals surface area (Å²) in [6, 6.07) is 7.36. The molecule has 0 saturated heterocycles. The summed E-state index contributed by atoms with van der Waals surface area (Å²) in [5.74, 6) is 0. The lowest BCUT2D eigenvalue weighted by molar-refractivity contribution is 0.0571. The first-order valence-corrected chi connectivity index (χ1v) is 8.01. The predicted octanol–water partition coefficient (Wildman–Crippen LogP) is 5.28. The normalized spacial score (nSPS) is 25.8. The Morgan fingerprint density at radius 2 is 1.89 bits per heavy atom. The summed E-state index contributed by atoms with van der Waals surface area (Å²) in [6.07, 6.45) is 10.0. The Bertz CT molecular complexity index is 414. The van der Waals surface area contributed by atoms with E-state index in [0.717, 1.165) is 0 Å². The van der Waals surface area contributed by atoms with Gasteiger partial charge in [0.25, 0.3) is 0 Å². The van der Waals surface area contributed by atoms with Crippen molar-refractivity contribution in [2.75, 3.05) is 5.32 Å². The van der Waals surface area contributed by atoms with Gasteiger partial charge in [0.1, 0.15) is 0 Å². The second-order valence-electron chi connectivity index (χ2n) is 6.18. The van der Waals surface area contributed by atoms with Crippen molar-refractivity contribution in [3.63, 3.8) is 0 Å². The monoisotopic (exact) mass is 307 g/mol. The van der Waals surface area contributed by atoms with Crippen molar-refractivity contribution >= 4 is 21.6 Å². The van der Waals surface area contributed by atoms with E-state index in [1.807, 2.05) is 0 Å². The number of benzene rings is 1. The maximum atomic E-state index is 3.79. The van der Waals surface area contributed by atoms with Crippen LogP contribution in [0.5, 0.6) is 0 Å². The van der Waals surface area contributed by atoms with Crippen LogP contribution in [0.25, 0.3) is 0 Å². The molecule has 2 saturated carbocycles. The molecule has 1 unspecified atom stereocenters. The lowest BCUT2D eigenvalue weighted by Crippen LogP contribution is -2.50. The molecular weight excluding hydrogens is 286 g/mol. The summed E-state index contributed by atoms with van der Waals surface area (Å²) >= 11 is 3.59. The molecule has 1 spiro atoms. The molecule has 3 rings (SSSR count). The van der Waals surface area contributed by atoms with Crippen LogP contribution in [0.4, 0.5) is 5.69 Å². The first-order chi connectivity index (χ1) is 8.68. The van der Waals surface area contributed by atoms with Gasteiger partial charge in [-0.2, -0.15) is 0 Å². The molecule has 0 bridgehead atoms. The van der Waals surface area contributed by atoms with Crippen molar-refractivity contribution < 1.29 is 0 Å². The van der Waals surface area contributed by atoms with Crippen molar-refractivity contribution in [2.45, 2.75) is 57.9 Å². The molecule has 0 heterocycles. The minimum atomic E-state index is 0.633. The minimum Gasteiger partial charge on any atom is -0.382 e. The average molecular weight is 308 g/mol. The third kappa shape index (κ3) is 2.32. The first-order valence-electron chi connectivity index (χ1n) is 7.22. The lowest BCUT2D eigenvalue weighted by Gasteiger charge is -2.52. The highest BCUT2D eigenvalue weighted by atomic mass is 79.9. The van der Waals surface area contributed by atoms with Gasteiger partial charge in [-0.1, -0.05) is 35.2 Å². The highest BCUT2D eigenvalue weighted by Gasteiger charge is 2.46. The number of halogens is 1. The van der Waals surface area contributed by atoms with E-state index in [1.165, 1.54) is 60.7 Å². The van der Waals surface area contributed by atoms with E-state index in [2.05, 4.69) is 46.4 Å². The summed E-state index contributed by atoms with van der Waals surface area (Å²) in [4.78, 5) is 0. The molecule has 1 nitrogen and oxygen atoms in total. The zero-order chi connectivity index (χ0) is 12.6. The van der Waals surface area contributed by atoms with Crippen molar-refractivity contribution in [1.29, 1.82) is 0 Å². The molecule has 0 aliphatic heterocycles. The van der Waals surface area contributed by atoms with Crippen LogP contribution in [-0.2, 0) is 0 Å². The smallest absolute Gasteiger partial charge is 0.0356 e. The Balaban J connectivity index is 1.72. The van der Waals surface area contributed by atoms with E-state index in [-0.39, 0.29) is 0 Å². The summed E-state index contributed by atoms with van der Waals surface area (Å²) in [7, 11) is 0. The van der Waals surface area contributed by atoms with Crippen LogP contribution in [0.1, 0.15) is 50.5 Å². The molecule has 18 heavy (non-hydrogen) atoms. The zero-order valence-corrected chi connectivity index (χ0v) is 12.7. The molecule has 98 valence electrons. The van der Waals surface area contributed by atoms with Gasteiger partial charge in [-0.15, -0.1) is 0 Å². The van der Waals surface area contributed by atoms with Gasteiger partial charge in [0.15, 0.2) is 0 Å². The molecule has 1 aromatic rings. The van der Waals surface area contributed by atoms with Gasteiger partial charge in [0.2, 0.25) is 0 Å². The number of anilines is 1. The molecular formula is C16H22BrN. The number of aryl methyl sites for hydroxylation is 1. The number of rotatable bonds is 2. The Morgan fingerprint density at radius 3 is 2.50 bits per heavy atom. The van der Waals surface area contributed by atoms with Crippen LogP contribution in [0.3, 0.4) is 0 Å². The van der Waals surface area contributed by atoms with Gasteiger partial charge in [0, 0.05) is 16.2 Å². The fourth-order valence-electron chi connectivity index (χ4n) is 3.80. The van der Waals surface area contributed by atoms with E-state index in [9.17, 15) is 0 Å². The largest absolute Gasteiger partial charge is 0.382 e. The third-order valence-corrected chi connectivity index (χ3v) is 5.36. The number of hydrogen-bond donors (Lipinski definition) is 1. The van der Waals surface area contributed by atoms with E-state index in [4.69, 9.17) is 0 Å². The molecule has 2 aliphatic rings. The minimum absolute atomic E-state index is 0.633. The van der Waals surface area contributed by atoms with E-state index in [1.54, 1.807) is 0 Å². The third-order valence-electron chi connectivity index (χ3n) is 4.90. The topological polar surface area (TPSA) is 12.0 Å². The van der Waals surface area contributed by atoms with Gasteiger partial charge in [-0.05, 0) is 61.8 Å². The lowest BCUT2D eigenvalue weighted by atomic mass is 9.57. The Kier molecular flexibility index (Phi) is 3.40. The van der Waals surface area contributed by atoms with Gasteiger partial charge in [0.05, 0.1) is 0 Å². The van der Waals surface area contributed by atoms with Crippen LogP contribution >= 0.6 is 15.9 Å². The van der Waals surface area contributed by atoms with Crippen molar-refractivity contribution in [2.24, 2.45) is 5.41 Å².